The van der Waals surface area contributed by atoms with Crippen LogP contribution in [0.2, 0.25) is 0 Å². The number of hydrogen-bond acceptors (Lipinski definition) is 1. The predicted molar refractivity (Wildman–Crippen MR) is 68.0 cm³/mol. The Morgan fingerprint density at radius 1 is 0.929 bits per heavy atom. The molecule has 2 atom stereocenters. The van der Waals surface area contributed by atoms with E-state index in [0.717, 1.165) is 23.5 Å². The second kappa shape index (κ2) is 6.76. The molecule has 1 fully saturated rings. The molecule has 0 aromatic rings. The maximum absolute atomic E-state index is 4.57. The summed E-state index contributed by atoms with van der Waals surface area (Å²) in [6, 6.07) is 0. The minimum absolute atomic E-state index is 0.897. The topological polar surface area (TPSA) is 0 Å². The molecule has 2 unspecified atom stereocenters. The Bertz CT molecular complexity index is 130. The third-order valence-electron chi connectivity index (χ3n) is 4.12. The minimum atomic E-state index is 0.897. The van der Waals surface area contributed by atoms with E-state index < -0.39 is 0 Å². The van der Waals surface area contributed by atoms with Crippen LogP contribution in [-0.4, -0.2) is 5.75 Å². The fourth-order valence-electron chi connectivity index (χ4n) is 3.11. The molecule has 0 saturated heterocycles. The normalized spacial score (nSPS) is 34.9. The lowest BCUT2D eigenvalue weighted by atomic mass is 9.73. The SMILES string of the molecule is CCC1CCCCCC(CC)C1CS. The molecular formula is C13H26S. The molecule has 0 nitrogen and oxygen atoms in total. The summed E-state index contributed by atoms with van der Waals surface area (Å²) >= 11 is 4.57. The summed E-state index contributed by atoms with van der Waals surface area (Å²) in [7, 11) is 0. The molecule has 0 aliphatic heterocycles. The van der Waals surface area contributed by atoms with Gasteiger partial charge in [-0.05, 0) is 23.5 Å². The highest BCUT2D eigenvalue weighted by Gasteiger charge is 2.27. The van der Waals surface area contributed by atoms with Crippen molar-refractivity contribution >= 4 is 12.6 Å². The average Bonchev–Trinajstić information content (AvgIpc) is 2.18. The summed E-state index contributed by atoms with van der Waals surface area (Å²) in [5.74, 6) is 3.92. The molecule has 14 heavy (non-hydrogen) atoms. The van der Waals surface area contributed by atoms with Crippen molar-refractivity contribution < 1.29 is 0 Å². The van der Waals surface area contributed by atoms with Crippen molar-refractivity contribution in [3.63, 3.8) is 0 Å². The van der Waals surface area contributed by atoms with Gasteiger partial charge in [0.1, 0.15) is 0 Å². The first kappa shape index (κ1) is 12.4. The van der Waals surface area contributed by atoms with Crippen molar-refractivity contribution in [2.75, 3.05) is 5.75 Å². The van der Waals surface area contributed by atoms with E-state index in [0.29, 0.717) is 0 Å². The lowest BCUT2D eigenvalue weighted by molar-refractivity contribution is 0.192. The standard InChI is InChI=1S/C13H26S/c1-3-11-8-6-5-7-9-12(4-2)13(11)10-14/h11-14H,3-10H2,1-2H3. The molecule has 0 spiro atoms. The molecule has 0 amide bonds. The zero-order valence-electron chi connectivity index (χ0n) is 9.84. The van der Waals surface area contributed by atoms with E-state index in [9.17, 15) is 0 Å². The van der Waals surface area contributed by atoms with Gasteiger partial charge in [0.2, 0.25) is 0 Å². The molecule has 84 valence electrons. The summed E-state index contributed by atoms with van der Waals surface area (Å²) in [6.45, 7) is 4.71. The quantitative estimate of drug-likeness (QED) is 0.655. The second-order valence-corrected chi connectivity index (χ2v) is 5.19. The number of rotatable bonds is 3. The third-order valence-corrected chi connectivity index (χ3v) is 4.54. The highest BCUT2D eigenvalue weighted by molar-refractivity contribution is 7.80. The zero-order valence-corrected chi connectivity index (χ0v) is 10.7. The monoisotopic (exact) mass is 214 g/mol. The van der Waals surface area contributed by atoms with E-state index in [1.54, 1.807) is 0 Å². The van der Waals surface area contributed by atoms with E-state index in [2.05, 4.69) is 26.5 Å². The number of hydrogen-bond donors (Lipinski definition) is 1. The molecule has 0 heterocycles. The fourth-order valence-corrected chi connectivity index (χ4v) is 3.71. The van der Waals surface area contributed by atoms with Gasteiger partial charge in [0.05, 0.1) is 0 Å². The van der Waals surface area contributed by atoms with Gasteiger partial charge in [-0.3, -0.25) is 0 Å². The van der Waals surface area contributed by atoms with E-state index in [1.807, 2.05) is 0 Å². The summed E-state index contributed by atoms with van der Waals surface area (Å²) in [4.78, 5) is 0. The maximum atomic E-state index is 4.57. The molecular weight excluding hydrogens is 188 g/mol. The first-order chi connectivity index (χ1) is 6.83. The van der Waals surface area contributed by atoms with Crippen LogP contribution >= 0.6 is 12.6 Å². The number of thiol groups is 1. The lowest BCUT2D eigenvalue weighted by Crippen LogP contribution is -2.26. The van der Waals surface area contributed by atoms with E-state index >= 15 is 0 Å². The van der Waals surface area contributed by atoms with E-state index in [1.165, 1.54) is 44.9 Å². The van der Waals surface area contributed by atoms with Gasteiger partial charge >= 0.3 is 0 Å². The van der Waals surface area contributed by atoms with Gasteiger partial charge < -0.3 is 0 Å². The van der Waals surface area contributed by atoms with Gasteiger partial charge in [0.25, 0.3) is 0 Å². The Morgan fingerprint density at radius 3 is 1.79 bits per heavy atom. The van der Waals surface area contributed by atoms with Crippen LogP contribution in [0.5, 0.6) is 0 Å². The van der Waals surface area contributed by atoms with E-state index in [4.69, 9.17) is 0 Å². The largest absolute Gasteiger partial charge is 0.179 e. The van der Waals surface area contributed by atoms with Crippen molar-refractivity contribution in [3.05, 3.63) is 0 Å². The molecule has 1 heteroatoms. The molecule has 0 radical (unpaired) electrons. The van der Waals surface area contributed by atoms with Gasteiger partial charge in [-0.25, -0.2) is 0 Å². The molecule has 0 bridgehead atoms. The Balaban J connectivity index is 2.61. The molecule has 0 N–H and O–H groups in total. The summed E-state index contributed by atoms with van der Waals surface area (Å²) in [5.41, 5.74) is 0. The van der Waals surface area contributed by atoms with Crippen LogP contribution in [0.3, 0.4) is 0 Å². The molecule has 1 aliphatic rings. The van der Waals surface area contributed by atoms with Crippen LogP contribution in [0, 0.1) is 17.8 Å². The molecule has 1 saturated carbocycles. The van der Waals surface area contributed by atoms with E-state index in [-0.39, 0.29) is 0 Å². The Hall–Kier alpha value is 0.350. The van der Waals surface area contributed by atoms with Crippen molar-refractivity contribution in [2.24, 2.45) is 17.8 Å². The van der Waals surface area contributed by atoms with Crippen molar-refractivity contribution in [2.45, 2.75) is 58.8 Å². The van der Waals surface area contributed by atoms with Crippen LogP contribution in [0.4, 0.5) is 0 Å². The van der Waals surface area contributed by atoms with Crippen molar-refractivity contribution in [1.29, 1.82) is 0 Å². The second-order valence-electron chi connectivity index (χ2n) is 4.82. The highest BCUT2D eigenvalue weighted by Crippen LogP contribution is 2.36. The van der Waals surface area contributed by atoms with Crippen LogP contribution in [0.25, 0.3) is 0 Å². The smallest absolute Gasteiger partial charge is 0.00642 e. The average molecular weight is 214 g/mol. The van der Waals surface area contributed by atoms with Gasteiger partial charge in [0, 0.05) is 0 Å². The molecule has 0 aromatic carbocycles. The minimum Gasteiger partial charge on any atom is -0.179 e. The van der Waals surface area contributed by atoms with Crippen molar-refractivity contribution in [1.82, 2.24) is 0 Å². The fraction of sp³-hybridized carbons (Fsp3) is 1.00. The predicted octanol–water partition coefficient (Wildman–Crippen LogP) is 4.55. The summed E-state index contributed by atoms with van der Waals surface area (Å²) in [5, 5.41) is 0. The Morgan fingerprint density at radius 2 is 1.43 bits per heavy atom. The van der Waals surface area contributed by atoms with Crippen LogP contribution in [0.15, 0.2) is 0 Å². The molecule has 1 aliphatic carbocycles. The third kappa shape index (κ3) is 3.18. The lowest BCUT2D eigenvalue weighted by Gasteiger charge is -2.34. The molecule has 1 rings (SSSR count). The van der Waals surface area contributed by atoms with Gasteiger partial charge in [-0.15, -0.1) is 0 Å². The Kier molecular flexibility index (Phi) is 6.00. The van der Waals surface area contributed by atoms with Gasteiger partial charge in [0.15, 0.2) is 0 Å². The highest BCUT2D eigenvalue weighted by atomic mass is 32.1. The van der Waals surface area contributed by atoms with Gasteiger partial charge in [-0.2, -0.15) is 12.6 Å². The first-order valence-electron chi connectivity index (χ1n) is 6.44. The first-order valence-corrected chi connectivity index (χ1v) is 7.07. The van der Waals surface area contributed by atoms with Crippen LogP contribution < -0.4 is 0 Å². The summed E-state index contributed by atoms with van der Waals surface area (Å²) < 4.78 is 0. The maximum Gasteiger partial charge on any atom is -0.00642 e. The summed E-state index contributed by atoms with van der Waals surface area (Å²) in [6.07, 6.45) is 10.0. The van der Waals surface area contributed by atoms with Gasteiger partial charge in [-0.1, -0.05) is 58.8 Å². The van der Waals surface area contributed by atoms with Crippen LogP contribution in [-0.2, 0) is 0 Å². The molecule has 0 aromatic heterocycles. The van der Waals surface area contributed by atoms with Crippen LogP contribution in [0.1, 0.15) is 58.8 Å². The zero-order chi connectivity index (χ0) is 10.4. The Labute approximate surface area is 95.3 Å². The van der Waals surface area contributed by atoms with Crippen molar-refractivity contribution in [3.8, 4) is 0 Å².